The first kappa shape index (κ1) is 19.4. The SMILES string of the molecule is CCCOc1ccc(C(F)(F)F)cc1NS(=O)(=O)c1ccccc1Cl. The Morgan fingerprint density at radius 1 is 1.16 bits per heavy atom. The molecule has 4 nitrogen and oxygen atoms in total. The average Bonchev–Trinajstić information content (AvgIpc) is 2.52. The van der Waals surface area contributed by atoms with E-state index >= 15 is 0 Å². The van der Waals surface area contributed by atoms with Crippen molar-refractivity contribution in [1.82, 2.24) is 0 Å². The molecule has 0 unspecified atom stereocenters. The number of anilines is 1. The van der Waals surface area contributed by atoms with E-state index in [-0.39, 0.29) is 28.0 Å². The molecule has 2 rings (SSSR count). The standard InChI is InChI=1S/C16H15ClF3NO3S/c1-2-9-24-14-8-7-11(16(18,19)20)10-13(14)21-25(22,23)15-6-4-3-5-12(15)17/h3-8,10,21H,2,9H2,1H3. The molecule has 0 aliphatic rings. The van der Waals surface area contributed by atoms with Gasteiger partial charge < -0.3 is 4.74 Å². The van der Waals surface area contributed by atoms with Crippen molar-refractivity contribution < 1.29 is 26.3 Å². The molecular formula is C16H15ClF3NO3S. The Hall–Kier alpha value is -1.93. The van der Waals surface area contributed by atoms with Gasteiger partial charge in [-0.15, -0.1) is 0 Å². The molecule has 0 saturated heterocycles. The molecule has 0 aliphatic carbocycles. The summed E-state index contributed by atoms with van der Waals surface area (Å²) in [6, 6.07) is 8.24. The molecule has 0 saturated carbocycles. The van der Waals surface area contributed by atoms with Crippen LogP contribution < -0.4 is 9.46 Å². The van der Waals surface area contributed by atoms with Gasteiger partial charge in [-0.05, 0) is 36.8 Å². The smallest absolute Gasteiger partial charge is 0.416 e. The van der Waals surface area contributed by atoms with Crippen LogP contribution in [0.15, 0.2) is 47.4 Å². The predicted molar refractivity (Wildman–Crippen MR) is 89.5 cm³/mol. The monoisotopic (exact) mass is 393 g/mol. The number of benzene rings is 2. The van der Waals surface area contributed by atoms with E-state index in [2.05, 4.69) is 4.72 Å². The highest BCUT2D eigenvalue weighted by Crippen LogP contribution is 2.36. The van der Waals surface area contributed by atoms with Gasteiger partial charge >= 0.3 is 6.18 Å². The van der Waals surface area contributed by atoms with E-state index in [1.165, 1.54) is 18.2 Å². The topological polar surface area (TPSA) is 55.4 Å². The minimum atomic E-state index is -4.62. The van der Waals surface area contributed by atoms with Crippen LogP contribution in [0, 0.1) is 0 Å². The van der Waals surface area contributed by atoms with Crippen LogP contribution in [-0.4, -0.2) is 15.0 Å². The third kappa shape index (κ3) is 4.79. The number of hydrogen-bond acceptors (Lipinski definition) is 3. The molecule has 0 bridgehead atoms. The zero-order valence-corrected chi connectivity index (χ0v) is 14.7. The number of hydrogen-bond donors (Lipinski definition) is 1. The zero-order valence-electron chi connectivity index (χ0n) is 13.1. The van der Waals surface area contributed by atoms with Gasteiger partial charge in [0.1, 0.15) is 10.6 Å². The second-order valence-electron chi connectivity index (χ2n) is 5.09. The Bertz CT molecular complexity index is 854. The molecule has 25 heavy (non-hydrogen) atoms. The van der Waals surface area contributed by atoms with E-state index in [0.29, 0.717) is 12.5 Å². The summed E-state index contributed by atoms with van der Waals surface area (Å²) in [5, 5.41) is -0.0435. The van der Waals surface area contributed by atoms with Crippen molar-refractivity contribution in [3.63, 3.8) is 0 Å². The first-order valence-electron chi connectivity index (χ1n) is 7.26. The maximum absolute atomic E-state index is 12.9. The van der Waals surface area contributed by atoms with Crippen molar-refractivity contribution in [2.45, 2.75) is 24.4 Å². The van der Waals surface area contributed by atoms with Crippen LogP contribution in [0.2, 0.25) is 5.02 Å². The van der Waals surface area contributed by atoms with Crippen LogP contribution in [0.4, 0.5) is 18.9 Å². The Kier molecular flexibility index (Phi) is 5.84. The van der Waals surface area contributed by atoms with Crippen molar-refractivity contribution >= 4 is 27.3 Å². The number of nitrogens with one attached hydrogen (secondary N) is 1. The minimum Gasteiger partial charge on any atom is -0.491 e. The highest BCUT2D eigenvalue weighted by atomic mass is 35.5. The lowest BCUT2D eigenvalue weighted by Gasteiger charge is -2.16. The van der Waals surface area contributed by atoms with Crippen molar-refractivity contribution in [2.75, 3.05) is 11.3 Å². The van der Waals surface area contributed by atoms with E-state index in [1.54, 1.807) is 6.07 Å². The molecule has 0 spiro atoms. The van der Waals surface area contributed by atoms with Gasteiger partial charge in [-0.25, -0.2) is 8.42 Å². The Morgan fingerprint density at radius 2 is 1.84 bits per heavy atom. The summed E-state index contributed by atoms with van der Waals surface area (Å²) < 4.78 is 71.2. The van der Waals surface area contributed by atoms with Crippen molar-refractivity contribution in [1.29, 1.82) is 0 Å². The van der Waals surface area contributed by atoms with Gasteiger partial charge in [-0.1, -0.05) is 30.7 Å². The normalized spacial score (nSPS) is 12.0. The molecule has 1 N–H and O–H groups in total. The Labute approximate surface area is 148 Å². The van der Waals surface area contributed by atoms with Gasteiger partial charge in [0, 0.05) is 0 Å². The lowest BCUT2D eigenvalue weighted by atomic mass is 10.2. The van der Waals surface area contributed by atoms with Crippen molar-refractivity contribution in [3.8, 4) is 5.75 Å². The van der Waals surface area contributed by atoms with Gasteiger partial charge in [0.05, 0.1) is 22.9 Å². The summed E-state index contributed by atoms with van der Waals surface area (Å²) in [6.45, 7) is 2.05. The fraction of sp³-hybridized carbons (Fsp3) is 0.250. The average molecular weight is 394 g/mol. The van der Waals surface area contributed by atoms with Gasteiger partial charge in [0.2, 0.25) is 0 Å². The summed E-state index contributed by atoms with van der Waals surface area (Å²) in [5.74, 6) is 0.00507. The molecule has 2 aromatic rings. The molecule has 0 aromatic heterocycles. The Balaban J connectivity index is 2.46. The predicted octanol–water partition coefficient (Wildman–Crippen LogP) is 4.95. The van der Waals surface area contributed by atoms with E-state index in [1.807, 2.05) is 6.92 Å². The van der Waals surface area contributed by atoms with Crippen LogP contribution in [0.1, 0.15) is 18.9 Å². The molecule has 136 valence electrons. The third-order valence-corrected chi connectivity index (χ3v) is 5.00. The molecule has 0 heterocycles. The van der Waals surface area contributed by atoms with Crippen molar-refractivity contribution in [3.05, 3.63) is 53.1 Å². The van der Waals surface area contributed by atoms with E-state index in [9.17, 15) is 21.6 Å². The molecule has 0 radical (unpaired) electrons. The third-order valence-electron chi connectivity index (χ3n) is 3.14. The second-order valence-corrected chi connectivity index (χ2v) is 7.15. The zero-order chi connectivity index (χ0) is 18.7. The van der Waals surface area contributed by atoms with Crippen LogP contribution >= 0.6 is 11.6 Å². The van der Waals surface area contributed by atoms with E-state index in [0.717, 1.165) is 12.1 Å². The van der Waals surface area contributed by atoms with E-state index in [4.69, 9.17) is 16.3 Å². The lowest BCUT2D eigenvalue weighted by Crippen LogP contribution is -2.15. The van der Waals surface area contributed by atoms with Crippen LogP contribution in [0.5, 0.6) is 5.75 Å². The molecule has 2 aromatic carbocycles. The van der Waals surface area contributed by atoms with Gasteiger partial charge in [-0.3, -0.25) is 4.72 Å². The number of alkyl halides is 3. The quantitative estimate of drug-likeness (QED) is 0.755. The first-order valence-corrected chi connectivity index (χ1v) is 9.12. The first-order chi connectivity index (χ1) is 11.6. The molecule has 0 fully saturated rings. The van der Waals surface area contributed by atoms with Crippen molar-refractivity contribution in [2.24, 2.45) is 0 Å². The number of rotatable bonds is 6. The van der Waals surface area contributed by atoms with Crippen LogP contribution in [-0.2, 0) is 16.2 Å². The molecule has 0 amide bonds. The van der Waals surface area contributed by atoms with E-state index < -0.39 is 21.8 Å². The summed E-state index contributed by atoms with van der Waals surface area (Å²) >= 11 is 5.87. The van der Waals surface area contributed by atoms with Gasteiger partial charge in [-0.2, -0.15) is 13.2 Å². The van der Waals surface area contributed by atoms with Gasteiger partial charge in [0.25, 0.3) is 10.0 Å². The van der Waals surface area contributed by atoms with Gasteiger partial charge in [0.15, 0.2) is 0 Å². The molecular weight excluding hydrogens is 379 g/mol. The highest BCUT2D eigenvalue weighted by Gasteiger charge is 2.32. The second kappa shape index (κ2) is 7.53. The Morgan fingerprint density at radius 3 is 2.44 bits per heavy atom. The molecule has 9 heteroatoms. The maximum atomic E-state index is 12.9. The summed E-state index contributed by atoms with van der Waals surface area (Å²) in [6.07, 6.45) is -4.01. The minimum absolute atomic E-state index is 0.00507. The fourth-order valence-electron chi connectivity index (χ4n) is 1.99. The number of halogens is 4. The number of sulfonamides is 1. The maximum Gasteiger partial charge on any atom is 0.416 e. The molecule has 0 atom stereocenters. The largest absolute Gasteiger partial charge is 0.491 e. The highest BCUT2D eigenvalue weighted by molar-refractivity contribution is 7.92. The summed E-state index contributed by atoms with van der Waals surface area (Å²) in [4.78, 5) is -0.240. The fourth-order valence-corrected chi connectivity index (χ4v) is 3.57. The number of ether oxygens (including phenoxy) is 1. The molecule has 0 aliphatic heterocycles. The summed E-state index contributed by atoms with van der Waals surface area (Å²) in [5.41, 5.74) is -1.29. The summed E-state index contributed by atoms with van der Waals surface area (Å²) in [7, 11) is -4.18. The lowest BCUT2D eigenvalue weighted by molar-refractivity contribution is -0.137. The van der Waals surface area contributed by atoms with Crippen LogP contribution in [0.25, 0.3) is 0 Å². The van der Waals surface area contributed by atoms with Crippen LogP contribution in [0.3, 0.4) is 0 Å².